The van der Waals surface area contributed by atoms with Gasteiger partial charge in [-0.3, -0.25) is 9.36 Å². The molecule has 0 spiro atoms. The van der Waals surface area contributed by atoms with Crippen molar-refractivity contribution in [2.24, 2.45) is 4.99 Å². The number of hydrogen-bond donors (Lipinski definition) is 0. The number of allylic oxidation sites excluding steroid dienone is 1. The first-order chi connectivity index (χ1) is 19.9. The lowest BCUT2D eigenvalue weighted by Crippen LogP contribution is -2.40. The molecule has 4 aromatic rings. The van der Waals surface area contributed by atoms with Crippen LogP contribution in [0.25, 0.3) is 6.08 Å². The second-order valence-electron chi connectivity index (χ2n) is 9.07. The average Bonchev–Trinajstić information content (AvgIpc) is 3.29. The number of nitrogens with zero attached hydrogens (tertiary/aromatic N) is 2. The smallest absolute Gasteiger partial charge is 0.338 e. The highest BCUT2D eigenvalue weighted by molar-refractivity contribution is 7.07. The second-order valence-corrected chi connectivity index (χ2v) is 10.1. The molecular weight excluding hydrogens is 540 g/mol. The van der Waals surface area contributed by atoms with Crippen LogP contribution in [0.5, 0.6) is 23.0 Å². The molecule has 0 N–H and O–H groups in total. The van der Waals surface area contributed by atoms with Gasteiger partial charge < -0.3 is 18.9 Å². The molecule has 0 radical (unpaired) electrons. The summed E-state index contributed by atoms with van der Waals surface area (Å²) in [5.74, 6) is 1.77. The molecule has 0 saturated carbocycles. The number of aromatic nitrogens is 1. The van der Waals surface area contributed by atoms with Crippen molar-refractivity contribution in [3.05, 3.63) is 128 Å². The minimum Gasteiger partial charge on any atom is -0.493 e. The van der Waals surface area contributed by atoms with Gasteiger partial charge in [-0.05, 0) is 60.5 Å². The van der Waals surface area contributed by atoms with Crippen molar-refractivity contribution in [3.63, 3.8) is 0 Å². The largest absolute Gasteiger partial charge is 0.493 e. The van der Waals surface area contributed by atoms with E-state index >= 15 is 0 Å². The Hall–Kier alpha value is -4.89. The van der Waals surface area contributed by atoms with Crippen LogP contribution in [0.1, 0.15) is 24.1 Å². The Kier molecular flexibility index (Phi) is 8.16. The average molecular weight is 569 g/mol. The molecule has 2 heterocycles. The minimum atomic E-state index is -0.793. The predicted octanol–water partition coefficient (Wildman–Crippen LogP) is 4.77. The van der Waals surface area contributed by atoms with Gasteiger partial charge >= 0.3 is 5.97 Å². The molecule has 208 valence electrons. The number of para-hydroxylation sites is 1. The summed E-state index contributed by atoms with van der Waals surface area (Å²) in [6.07, 6.45) is 3.28. The van der Waals surface area contributed by atoms with Crippen molar-refractivity contribution >= 4 is 23.4 Å². The molecule has 1 aromatic heterocycles. The third-order valence-electron chi connectivity index (χ3n) is 6.43. The van der Waals surface area contributed by atoms with Crippen LogP contribution in [0, 0.1) is 0 Å². The van der Waals surface area contributed by atoms with E-state index < -0.39 is 12.0 Å². The van der Waals surface area contributed by atoms with Gasteiger partial charge in [0.25, 0.3) is 5.56 Å². The fraction of sp³-hybridized carbons (Fsp3) is 0.156. The van der Waals surface area contributed by atoms with Crippen LogP contribution in [0.2, 0.25) is 0 Å². The van der Waals surface area contributed by atoms with E-state index in [-0.39, 0.29) is 17.7 Å². The number of thiazole rings is 1. The highest BCUT2D eigenvalue weighted by atomic mass is 32.1. The van der Waals surface area contributed by atoms with Crippen molar-refractivity contribution in [2.75, 3.05) is 20.8 Å². The maximum Gasteiger partial charge on any atom is 0.338 e. The van der Waals surface area contributed by atoms with E-state index in [1.807, 2.05) is 54.6 Å². The van der Waals surface area contributed by atoms with Crippen LogP contribution in [-0.4, -0.2) is 31.4 Å². The summed E-state index contributed by atoms with van der Waals surface area (Å²) in [5, 5.41) is 0. The molecule has 9 heteroatoms. The normalized spacial score (nSPS) is 14.6. The fourth-order valence-corrected chi connectivity index (χ4v) is 5.62. The highest BCUT2D eigenvalue weighted by Gasteiger charge is 2.34. The first kappa shape index (κ1) is 27.7. The molecule has 1 aliphatic rings. The van der Waals surface area contributed by atoms with Gasteiger partial charge in [0.2, 0.25) is 0 Å². The first-order valence-electron chi connectivity index (χ1n) is 12.8. The van der Waals surface area contributed by atoms with Gasteiger partial charge in [0.15, 0.2) is 16.3 Å². The van der Waals surface area contributed by atoms with Crippen LogP contribution >= 0.6 is 11.3 Å². The van der Waals surface area contributed by atoms with E-state index in [2.05, 4.69) is 11.6 Å². The Bertz CT molecular complexity index is 1820. The lowest BCUT2D eigenvalue weighted by molar-refractivity contribution is -0.138. The van der Waals surface area contributed by atoms with Crippen LogP contribution < -0.4 is 29.1 Å². The van der Waals surface area contributed by atoms with E-state index in [1.54, 1.807) is 38.3 Å². The number of carbonyl (C=O) groups is 1. The van der Waals surface area contributed by atoms with Crippen molar-refractivity contribution in [1.29, 1.82) is 0 Å². The Labute approximate surface area is 240 Å². The van der Waals surface area contributed by atoms with Gasteiger partial charge in [0, 0.05) is 0 Å². The summed E-state index contributed by atoms with van der Waals surface area (Å²) < 4.78 is 24.3. The maximum absolute atomic E-state index is 13.9. The molecule has 0 amide bonds. The maximum atomic E-state index is 13.9. The van der Waals surface area contributed by atoms with Crippen molar-refractivity contribution in [2.45, 2.75) is 13.0 Å². The van der Waals surface area contributed by atoms with Crippen LogP contribution in [0.15, 0.2) is 107 Å². The molecule has 1 atom stereocenters. The number of methoxy groups -OCH3 is 2. The lowest BCUT2D eigenvalue weighted by Gasteiger charge is -2.25. The van der Waals surface area contributed by atoms with Crippen molar-refractivity contribution in [3.8, 4) is 23.0 Å². The Morgan fingerprint density at radius 2 is 1.76 bits per heavy atom. The van der Waals surface area contributed by atoms with Gasteiger partial charge in [-0.25, -0.2) is 9.79 Å². The zero-order valence-corrected chi connectivity index (χ0v) is 23.6. The molecule has 5 rings (SSSR count). The van der Waals surface area contributed by atoms with Crippen LogP contribution in [0.3, 0.4) is 0 Å². The van der Waals surface area contributed by atoms with E-state index in [4.69, 9.17) is 18.9 Å². The zero-order valence-electron chi connectivity index (χ0n) is 22.8. The molecule has 1 aliphatic heterocycles. The van der Waals surface area contributed by atoms with Crippen molar-refractivity contribution < 1.29 is 23.7 Å². The summed E-state index contributed by atoms with van der Waals surface area (Å²) in [4.78, 5) is 32.3. The zero-order chi connectivity index (χ0) is 28.9. The van der Waals surface area contributed by atoms with Crippen molar-refractivity contribution in [1.82, 2.24) is 4.57 Å². The lowest BCUT2D eigenvalue weighted by atomic mass is 9.95. The quantitative estimate of drug-likeness (QED) is 0.214. The van der Waals surface area contributed by atoms with E-state index in [0.29, 0.717) is 43.6 Å². The number of hydrogen-bond acceptors (Lipinski definition) is 8. The van der Waals surface area contributed by atoms with E-state index in [9.17, 15) is 9.59 Å². The summed E-state index contributed by atoms with van der Waals surface area (Å²) in [5.41, 5.74) is 1.87. The molecule has 8 nitrogen and oxygen atoms in total. The van der Waals surface area contributed by atoms with Gasteiger partial charge in [-0.2, -0.15) is 0 Å². The molecular formula is C32H28N2O6S. The number of carbonyl (C=O) groups excluding carboxylic acids is 1. The Morgan fingerprint density at radius 1 is 1.00 bits per heavy atom. The number of benzene rings is 3. The molecule has 0 saturated heterocycles. The predicted molar refractivity (Wildman–Crippen MR) is 157 cm³/mol. The fourth-order valence-electron chi connectivity index (χ4n) is 4.58. The topological polar surface area (TPSA) is 88.4 Å². The molecule has 41 heavy (non-hydrogen) atoms. The van der Waals surface area contributed by atoms with E-state index in [0.717, 1.165) is 5.56 Å². The van der Waals surface area contributed by atoms with Gasteiger partial charge in [0.1, 0.15) is 18.1 Å². The second kappa shape index (κ2) is 12.1. The Morgan fingerprint density at radius 3 is 2.49 bits per heavy atom. The molecule has 0 unspecified atom stereocenters. The van der Waals surface area contributed by atoms with Crippen LogP contribution in [-0.2, 0) is 9.53 Å². The summed E-state index contributed by atoms with van der Waals surface area (Å²) in [6, 6.07) is 21.4. The van der Waals surface area contributed by atoms with Gasteiger partial charge in [0.05, 0.1) is 36.1 Å². The standard InChI is InChI=1S/C32H28N2O6S/c1-5-16-39-31(36)28-20(2)33-32-34(29(28)22-14-15-25(37-3)26(19-22)38-4)30(35)27(41-32)18-21-10-9-13-24(17-21)40-23-11-7-6-8-12-23/h5-15,17-19,29H,1,16H2,2-4H3/b27-18-/t29-/m1/s1. The number of fused-ring (bicyclic) bond motifs is 1. The summed E-state index contributed by atoms with van der Waals surface area (Å²) >= 11 is 1.25. The molecule has 0 fully saturated rings. The highest BCUT2D eigenvalue weighted by Crippen LogP contribution is 2.36. The number of ether oxygens (including phenoxy) is 4. The minimum absolute atomic E-state index is 0.0279. The number of esters is 1. The molecule has 3 aromatic carbocycles. The first-order valence-corrected chi connectivity index (χ1v) is 13.6. The van der Waals surface area contributed by atoms with Gasteiger partial charge in [-0.15, -0.1) is 0 Å². The Balaban J connectivity index is 1.63. The van der Waals surface area contributed by atoms with Gasteiger partial charge in [-0.1, -0.05) is 60.4 Å². The monoisotopic (exact) mass is 568 g/mol. The SMILES string of the molecule is C=CCOC(=O)C1=C(C)N=c2s/c(=C\c3cccc(Oc4ccccc4)c3)c(=O)n2[C@@H]1c1ccc(OC)c(OC)c1. The van der Waals surface area contributed by atoms with E-state index in [1.165, 1.54) is 29.1 Å². The molecule has 0 bridgehead atoms. The summed E-state index contributed by atoms with van der Waals surface area (Å²) in [7, 11) is 3.08. The summed E-state index contributed by atoms with van der Waals surface area (Å²) in [6.45, 7) is 5.39. The molecule has 0 aliphatic carbocycles. The number of rotatable bonds is 9. The van der Waals surface area contributed by atoms with Crippen LogP contribution in [0.4, 0.5) is 0 Å². The third-order valence-corrected chi connectivity index (χ3v) is 7.41. The third kappa shape index (κ3) is 5.71.